The van der Waals surface area contributed by atoms with Crippen LogP contribution in [0.3, 0.4) is 0 Å². The summed E-state index contributed by atoms with van der Waals surface area (Å²) >= 11 is 0. The average Bonchev–Trinajstić information content (AvgIpc) is 3.44. The summed E-state index contributed by atoms with van der Waals surface area (Å²) in [4.78, 5) is 11.6. The fraction of sp³-hybridized carbons (Fsp3) is 0. The number of benzene rings is 6. The maximum Gasteiger partial charge on any atom is 0.159 e. The van der Waals surface area contributed by atoms with Gasteiger partial charge in [0.1, 0.15) is 0 Å². The number of nitrogens with zero attached hydrogens (tertiary/aromatic N) is 4. The first-order valence-corrected chi connectivity index (χ1v) is 14.8. The van der Waals surface area contributed by atoms with Gasteiger partial charge in [0.2, 0.25) is 0 Å². The second kappa shape index (κ2) is 11.0. The van der Waals surface area contributed by atoms with Gasteiger partial charge in [0, 0.05) is 57.0 Å². The summed E-state index contributed by atoms with van der Waals surface area (Å²) in [6, 6.07) is 55.2. The minimum Gasteiger partial charge on any atom is -0.310 e. The van der Waals surface area contributed by atoms with E-state index in [4.69, 9.17) is 0 Å². The molecule has 0 bridgehead atoms. The molecule has 0 spiro atoms. The third kappa shape index (κ3) is 4.59. The lowest BCUT2D eigenvalue weighted by atomic mass is 10.1. The largest absolute Gasteiger partial charge is 0.310 e. The molecule has 208 valence electrons. The van der Waals surface area contributed by atoms with Crippen LogP contribution in [0, 0.1) is 0 Å². The molecule has 0 unspecified atom stereocenters. The third-order valence-corrected chi connectivity index (χ3v) is 8.09. The van der Waals surface area contributed by atoms with Crippen molar-refractivity contribution in [2.75, 3.05) is 4.90 Å². The van der Waals surface area contributed by atoms with Crippen molar-refractivity contribution in [2.24, 2.45) is 0 Å². The lowest BCUT2D eigenvalue weighted by Crippen LogP contribution is -2.09. The predicted molar refractivity (Wildman–Crippen MR) is 182 cm³/mol. The van der Waals surface area contributed by atoms with Gasteiger partial charge in [0.25, 0.3) is 0 Å². The van der Waals surface area contributed by atoms with E-state index >= 15 is 0 Å². The maximum absolute atomic E-state index is 4.63. The average molecular weight is 565 g/mol. The van der Waals surface area contributed by atoms with Crippen LogP contribution < -0.4 is 4.90 Å². The monoisotopic (exact) mass is 564 g/mol. The van der Waals surface area contributed by atoms with Crippen LogP contribution >= 0.6 is 0 Å². The number of anilines is 3. The molecule has 8 rings (SSSR count). The summed E-state index contributed by atoms with van der Waals surface area (Å²) in [5, 5.41) is 2.43. The number of aromatic nitrogens is 3. The molecule has 4 nitrogen and oxygen atoms in total. The van der Waals surface area contributed by atoms with Crippen LogP contribution in [-0.2, 0) is 0 Å². The molecule has 8 aromatic rings. The van der Waals surface area contributed by atoms with Crippen molar-refractivity contribution < 1.29 is 0 Å². The van der Waals surface area contributed by atoms with Crippen LogP contribution in [0.1, 0.15) is 0 Å². The summed E-state index contributed by atoms with van der Waals surface area (Å²) in [5.41, 5.74) is 9.90. The predicted octanol–water partition coefficient (Wildman–Crippen LogP) is 10.4. The van der Waals surface area contributed by atoms with Crippen LogP contribution in [0.2, 0.25) is 0 Å². The molecule has 0 saturated heterocycles. The van der Waals surface area contributed by atoms with E-state index in [-0.39, 0.29) is 0 Å². The van der Waals surface area contributed by atoms with Crippen molar-refractivity contribution in [3.8, 4) is 28.2 Å². The van der Waals surface area contributed by atoms with Crippen LogP contribution in [0.4, 0.5) is 17.1 Å². The second-order valence-corrected chi connectivity index (χ2v) is 10.8. The molecule has 0 aliphatic heterocycles. The van der Waals surface area contributed by atoms with Gasteiger partial charge in [-0.3, -0.25) is 0 Å². The quantitative estimate of drug-likeness (QED) is 0.201. The van der Waals surface area contributed by atoms with E-state index in [1.165, 1.54) is 21.8 Å². The lowest BCUT2D eigenvalue weighted by Gasteiger charge is -2.25. The van der Waals surface area contributed by atoms with Gasteiger partial charge in [0.15, 0.2) is 5.82 Å². The van der Waals surface area contributed by atoms with Crippen molar-refractivity contribution in [3.05, 3.63) is 170 Å². The zero-order chi connectivity index (χ0) is 29.3. The normalized spacial score (nSPS) is 11.2. The van der Waals surface area contributed by atoms with E-state index in [0.717, 1.165) is 45.3 Å². The van der Waals surface area contributed by atoms with E-state index in [1.807, 2.05) is 42.7 Å². The van der Waals surface area contributed by atoms with Crippen LogP contribution in [0.25, 0.3) is 50.0 Å². The van der Waals surface area contributed by atoms with Crippen LogP contribution in [0.5, 0.6) is 0 Å². The van der Waals surface area contributed by atoms with E-state index in [1.54, 1.807) is 0 Å². The molecule has 2 aromatic heterocycles. The van der Waals surface area contributed by atoms with E-state index < -0.39 is 0 Å². The first-order chi connectivity index (χ1) is 21.8. The van der Waals surface area contributed by atoms with Crippen LogP contribution in [-0.4, -0.2) is 14.5 Å². The molecular formula is C40H28N4. The summed E-state index contributed by atoms with van der Waals surface area (Å²) in [5.74, 6) is 0.730. The molecule has 0 aliphatic rings. The van der Waals surface area contributed by atoms with Crippen molar-refractivity contribution in [2.45, 2.75) is 0 Å². The molecule has 44 heavy (non-hydrogen) atoms. The van der Waals surface area contributed by atoms with Gasteiger partial charge >= 0.3 is 0 Å². The highest BCUT2D eigenvalue weighted by atomic mass is 15.1. The smallest absolute Gasteiger partial charge is 0.159 e. The summed E-state index contributed by atoms with van der Waals surface area (Å²) in [7, 11) is 0. The molecule has 0 aliphatic carbocycles. The molecule has 6 aromatic carbocycles. The fourth-order valence-corrected chi connectivity index (χ4v) is 6.00. The fourth-order valence-electron chi connectivity index (χ4n) is 6.00. The van der Waals surface area contributed by atoms with Crippen molar-refractivity contribution in [3.63, 3.8) is 0 Å². The van der Waals surface area contributed by atoms with Crippen molar-refractivity contribution in [1.29, 1.82) is 0 Å². The Morgan fingerprint density at radius 3 is 1.64 bits per heavy atom. The lowest BCUT2D eigenvalue weighted by molar-refractivity contribution is 1.17. The number of rotatable bonds is 6. The summed E-state index contributed by atoms with van der Waals surface area (Å²) in [6.07, 6.45) is 3.80. The Bertz CT molecular complexity index is 2150. The third-order valence-electron chi connectivity index (χ3n) is 8.09. The van der Waals surface area contributed by atoms with Crippen molar-refractivity contribution in [1.82, 2.24) is 14.5 Å². The van der Waals surface area contributed by atoms with Gasteiger partial charge in [-0.1, -0.05) is 97.1 Å². The standard InChI is InChI=1S/C40H28N4/c1-4-12-30(13-5-1)40-41-27-31(28-42-40)29-20-22-34(23-21-29)44-38-19-11-10-18-36(38)37-26-35(24-25-39(37)44)43(32-14-6-2-7-15-32)33-16-8-3-9-17-33/h1-28H. The molecule has 0 saturated carbocycles. The number of hydrogen-bond donors (Lipinski definition) is 0. The number of para-hydroxylation sites is 3. The van der Waals surface area contributed by atoms with Crippen LogP contribution in [0.15, 0.2) is 170 Å². The Hall–Kier alpha value is -6.00. The minimum atomic E-state index is 0.730. The van der Waals surface area contributed by atoms with Gasteiger partial charge in [-0.05, 0) is 66.2 Å². The number of fused-ring (bicyclic) bond motifs is 3. The number of hydrogen-bond acceptors (Lipinski definition) is 3. The maximum atomic E-state index is 4.63. The second-order valence-electron chi connectivity index (χ2n) is 10.8. The van der Waals surface area contributed by atoms with Gasteiger partial charge < -0.3 is 9.47 Å². The highest BCUT2D eigenvalue weighted by Crippen LogP contribution is 2.39. The van der Waals surface area contributed by atoms with E-state index in [0.29, 0.717) is 0 Å². The topological polar surface area (TPSA) is 34.0 Å². The molecule has 4 heteroatoms. The van der Waals surface area contributed by atoms with E-state index in [2.05, 4.69) is 147 Å². The molecular weight excluding hydrogens is 536 g/mol. The Labute approximate surface area is 256 Å². The Morgan fingerprint density at radius 1 is 0.409 bits per heavy atom. The molecule has 0 radical (unpaired) electrons. The highest BCUT2D eigenvalue weighted by Gasteiger charge is 2.17. The highest BCUT2D eigenvalue weighted by molar-refractivity contribution is 6.10. The van der Waals surface area contributed by atoms with Crippen molar-refractivity contribution >= 4 is 38.9 Å². The Balaban J connectivity index is 1.20. The summed E-state index contributed by atoms with van der Waals surface area (Å²) in [6.45, 7) is 0. The van der Waals surface area contributed by atoms with Gasteiger partial charge in [0.05, 0.1) is 11.0 Å². The van der Waals surface area contributed by atoms with Gasteiger partial charge in [-0.25, -0.2) is 9.97 Å². The Morgan fingerprint density at radius 2 is 0.977 bits per heavy atom. The molecule has 0 fully saturated rings. The Kier molecular flexibility index (Phi) is 6.43. The zero-order valence-electron chi connectivity index (χ0n) is 24.0. The first kappa shape index (κ1) is 25.7. The zero-order valence-corrected chi connectivity index (χ0v) is 24.0. The van der Waals surface area contributed by atoms with E-state index in [9.17, 15) is 0 Å². The molecule has 0 atom stereocenters. The molecule has 0 N–H and O–H groups in total. The van der Waals surface area contributed by atoms with Gasteiger partial charge in [-0.15, -0.1) is 0 Å². The summed E-state index contributed by atoms with van der Waals surface area (Å²) < 4.78 is 2.35. The minimum absolute atomic E-state index is 0.730. The molecule has 0 amide bonds. The van der Waals surface area contributed by atoms with Gasteiger partial charge in [-0.2, -0.15) is 0 Å². The molecule has 2 heterocycles. The SMILES string of the molecule is c1ccc(-c2ncc(-c3ccc(-n4c5ccccc5c5cc(N(c6ccccc6)c6ccccc6)ccc54)cc3)cn2)cc1. The first-order valence-electron chi connectivity index (χ1n) is 14.8.